The van der Waals surface area contributed by atoms with E-state index in [4.69, 9.17) is 0 Å². The SMILES string of the molecule is O=C(NCc1cccc(Cn2cccn2)c1)c1ccc2nncn2c1. The highest BCUT2D eigenvalue weighted by Crippen LogP contribution is 2.08. The summed E-state index contributed by atoms with van der Waals surface area (Å²) in [6.07, 6.45) is 6.98. The first-order chi connectivity index (χ1) is 12.3. The zero-order valence-electron chi connectivity index (χ0n) is 13.4. The van der Waals surface area contributed by atoms with Crippen molar-refractivity contribution in [1.29, 1.82) is 0 Å². The second-order valence-corrected chi connectivity index (χ2v) is 5.72. The number of carbonyl (C=O) groups excluding carboxylic acids is 1. The predicted octanol–water partition coefficient (Wildman–Crippen LogP) is 1.90. The molecule has 0 fully saturated rings. The summed E-state index contributed by atoms with van der Waals surface area (Å²) in [5, 5.41) is 14.9. The minimum atomic E-state index is -0.131. The van der Waals surface area contributed by atoms with E-state index in [0.717, 1.165) is 11.1 Å². The highest BCUT2D eigenvalue weighted by atomic mass is 16.1. The molecule has 0 unspecified atom stereocenters. The molecule has 0 saturated carbocycles. The monoisotopic (exact) mass is 332 g/mol. The van der Waals surface area contributed by atoms with E-state index in [-0.39, 0.29) is 5.91 Å². The molecule has 0 aliphatic rings. The average Bonchev–Trinajstić information content (AvgIpc) is 3.30. The number of amides is 1. The molecule has 7 nitrogen and oxygen atoms in total. The Morgan fingerprint density at radius 2 is 2.04 bits per heavy atom. The molecular weight excluding hydrogens is 316 g/mol. The molecule has 0 radical (unpaired) electrons. The van der Waals surface area contributed by atoms with E-state index in [1.54, 1.807) is 35.3 Å². The summed E-state index contributed by atoms with van der Waals surface area (Å²) >= 11 is 0. The second kappa shape index (κ2) is 6.56. The number of fused-ring (bicyclic) bond motifs is 1. The third-order valence-electron chi connectivity index (χ3n) is 3.90. The highest BCUT2D eigenvalue weighted by molar-refractivity contribution is 5.94. The van der Waals surface area contributed by atoms with Gasteiger partial charge in [0.05, 0.1) is 12.1 Å². The highest BCUT2D eigenvalue weighted by Gasteiger charge is 2.07. The van der Waals surface area contributed by atoms with Gasteiger partial charge >= 0.3 is 0 Å². The quantitative estimate of drug-likeness (QED) is 0.605. The minimum absolute atomic E-state index is 0.131. The van der Waals surface area contributed by atoms with Crippen molar-refractivity contribution in [2.45, 2.75) is 13.1 Å². The Morgan fingerprint density at radius 3 is 2.92 bits per heavy atom. The number of benzene rings is 1. The largest absolute Gasteiger partial charge is 0.348 e. The molecule has 0 bridgehead atoms. The van der Waals surface area contributed by atoms with Gasteiger partial charge in [-0.05, 0) is 29.3 Å². The molecule has 0 atom stereocenters. The Kier molecular flexibility index (Phi) is 3.96. The van der Waals surface area contributed by atoms with Crippen LogP contribution < -0.4 is 5.32 Å². The summed E-state index contributed by atoms with van der Waals surface area (Å²) in [6.45, 7) is 1.17. The molecule has 7 heteroatoms. The van der Waals surface area contributed by atoms with E-state index < -0.39 is 0 Å². The third kappa shape index (κ3) is 3.40. The molecule has 1 aromatic carbocycles. The maximum absolute atomic E-state index is 12.3. The van der Waals surface area contributed by atoms with Gasteiger partial charge in [-0.2, -0.15) is 5.10 Å². The lowest BCUT2D eigenvalue weighted by Crippen LogP contribution is -2.23. The summed E-state index contributed by atoms with van der Waals surface area (Å²) in [7, 11) is 0. The van der Waals surface area contributed by atoms with Crippen molar-refractivity contribution in [3.8, 4) is 0 Å². The molecular formula is C18H16N6O. The minimum Gasteiger partial charge on any atom is -0.348 e. The van der Waals surface area contributed by atoms with Crippen molar-refractivity contribution in [3.63, 3.8) is 0 Å². The lowest BCUT2D eigenvalue weighted by atomic mass is 10.1. The van der Waals surface area contributed by atoms with Gasteiger partial charge in [0.2, 0.25) is 0 Å². The fourth-order valence-electron chi connectivity index (χ4n) is 2.67. The van der Waals surface area contributed by atoms with Crippen molar-refractivity contribution < 1.29 is 4.79 Å². The van der Waals surface area contributed by atoms with Crippen LogP contribution in [0.1, 0.15) is 21.5 Å². The van der Waals surface area contributed by atoms with Crippen LogP contribution in [0.15, 0.2) is 67.4 Å². The van der Waals surface area contributed by atoms with Crippen LogP contribution in [0.25, 0.3) is 5.65 Å². The topological polar surface area (TPSA) is 77.1 Å². The number of rotatable bonds is 5. The van der Waals surface area contributed by atoms with Crippen LogP contribution in [0.2, 0.25) is 0 Å². The van der Waals surface area contributed by atoms with Crippen molar-refractivity contribution in [1.82, 2.24) is 29.7 Å². The normalized spacial score (nSPS) is 10.9. The van der Waals surface area contributed by atoms with Crippen LogP contribution in [0.5, 0.6) is 0 Å². The van der Waals surface area contributed by atoms with Crippen LogP contribution in [0.3, 0.4) is 0 Å². The predicted molar refractivity (Wildman–Crippen MR) is 91.9 cm³/mol. The molecule has 3 aromatic heterocycles. The van der Waals surface area contributed by atoms with Gasteiger partial charge in [-0.15, -0.1) is 10.2 Å². The number of nitrogens with one attached hydrogen (secondary N) is 1. The smallest absolute Gasteiger partial charge is 0.253 e. The lowest BCUT2D eigenvalue weighted by Gasteiger charge is -2.08. The van der Waals surface area contributed by atoms with Crippen molar-refractivity contribution in [2.75, 3.05) is 0 Å². The number of hydrogen-bond donors (Lipinski definition) is 1. The maximum Gasteiger partial charge on any atom is 0.253 e. The van der Waals surface area contributed by atoms with E-state index >= 15 is 0 Å². The fourth-order valence-corrected chi connectivity index (χ4v) is 2.67. The second-order valence-electron chi connectivity index (χ2n) is 5.72. The molecule has 0 aliphatic heterocycles. The third-order valence-corrected chi connectivity index (χ3v) is 3.90. The number of aromatic nitrogens is 5. The Bertz CT molecular complexity index is 1010. The molecule has 1 amide bonds. The van der Waals surface area contributed by atoms with Gasteiger partial charge in [0.1, 0.15) is 6.33 Å². The maximum atomic E-state index is 12.3. The van der Waals surface area contributed by atoms with E-state index in [9.17, 15) is 4.79 Å². The first kappa shape index (κ1) is 15.1. The van der Waals surface area contributed by atoms with Crippen LogP contribution in [-0.4, -0.2) is 30.3 Å². The van der Waals surface area contributed by atoms with E-state index in [0.29, 0.717) is 24.3 Å². The fraction of sp³-hybridized carbons (Fsp3) is 0.111. The summed E-state index contributed by atoms with van der Waals surface area (Å²) in [5.41, 5.74) is 3.47. The van der Waals surface area contributed by atoms with Crippen molar-refractivity contribution in [2.24, 2.45) is 0 Å². The number of hydrogen-bond acceptors (Lipinski definition) is 4. The van der Waals surface area contributed by atoms with Gasteiger partial charge in [-0.3, -0.25) is 13.9 Å². The molecule has 0 aliphatic carbocycles. The lowest BCUT2D eigenvalue weighted by molar-refractivity contribution is 0.0950. The molecule has 0 spiro atoms. The summed E-state index contributed by atoms with van der Waals surface area (Å²) in [6, 6.07) is 13.5. The summed E-state index contributed by atoms with van der Waals surface area (Å²) in [5.74, 6) is -0.131. The summed E-state index contributed by atoms with van der Waals surface area (Å²) in [4.78, 5) is 12.3. The van der Waals surface area contributed by atoms with Gasteiger partial charge in [-0.1, -0.05) is 24.3 Å². The zero-order valence-corrected chi connectivity index (χ0v) is 13.4. The Morgan fingerprint density at radius 1 is 1.12 bits per heavy atom. The Labute approximate surface area is 143 Å². The van der Waals surface area contributed by atoms with E-state index in [2.05, 4.69) is 26.7 Å². The molecule has 4 rings (SSSR count). The van der Waals surface area contributed by atoms with Crippen LogP contribution in [0, 0.1) is 0 Å². The summed E-state index contributed by atoms with van der Waals surface area (Å²) < 4.78 is 3.59. The first-order valence-electron chi connectivity index (χ1n) is 7.91. The Hall–Kier alpha value is -3.48. The van der Waals surface area contributed by atoms with E-state index in [1.165, 1.54) is 0 Å². The molecule has 25 heavy (non-hydrogen) atoms. The van der Waals surface area contributed by atoms with Gasteiger partial charge in [-0.25, -0.2) is 0 Å². The molecule has 4 aromatic rings. The van der Waals surface area contributed by atoms with Gasteiger partial charge < -0.3 is 5.32 Å². The van der Waals surface area contributed by atoms with Gasteiger partial charge in [0.25, 0.3) is 5.91 Å². The molecule has 3 heterocycles. The first-order valence-corrected chi connectivity index (χ1v) is 7.91. The average molecular weight is 332 g/mol. The van der Waals surface area contributed by atoms with Gasteiger partial charge in [0.15, 0.2) is 5.65 Å². The van der Waals surface area contributed by atoms with Crippen molar-refractivity contribution >= 4 is 11.6 Å². The van der Waals surface area contributed by atoms with Crippen LogP contribution >= 0.6 is 0 Å². The molecule has 1 N–H and O–H groups in total. The van der Waals surface area contributed by atoms with Gasteiger partial charge in [0, 0.05) is 25.1 Å². The number of nitrogens with zero attached hydrogens (tertiary/aromatic N) is 5. The van der Waals surface area contributed by atoms with Crippen LogP contribution in [-0.2, 0) is 13.1 Å². The standard InChI is InChI=1S/C18H16N6O/c25-18(16-5-6-17-22-20-13-23(17)12-16)19-10-14-3-1-4-15(9-14)11-24-8-2-7-21-24/h1-9,12-13H,10-11H2,(H,19,25). The molecule has 124 valence electrons. The Balaban J connectivity index is 1.42. The molecule has 0 saturated heterocycles. The van der Waals surface area contributed by atoms with Crippen molar-refractivity contribution in [3.05, 3.63) is 84.1 Å². The number of carbonyl (C=O) groups is 1. The number of pyridine rings is 1. The van der Waals surface area contributed by atoms with E-state index in [1.807, 2.05) is 35.1 Å². The zero-order chi connectivity index (χ0) is 17.1. The van der Waals surface area contributed by atoms with Crippen LogP contribution in [0.4, 0.5) is 0 Å².